The first-order chi connectivity index (χ1) is 9.06. The van der Waals surface area contributed by atoms with Gasteiger partial charge in [-0.3, -0.25) is 0 Å². The molecule has 2 atom stereocenters. The molecule has 0 aromatic heterocycles. The molecule has 3 nitrogen and oxygen atoms in total. The summed E-state index contributed by atoms with van der Waals surface area (Å²) >= 11 is 0. The van der Waals surface area contributed by atoms with Crippen molar-refractivity contribution in [1.82, 2.24) is 10.4 Å². The zero-order chi connectivity index (χ0) is 13.5. The molecular weight excluding hydrogens is 257 g/mol. The molecule has 2 aliphatic rings. The van der Waals surface area contributed by atoms with Crippen molar-refractivity contribution in [1.29, 1.82) is 0 Å². The number of alkyl halides is 3. The van der Waals surface area contributed by atoms with Crippen LogP contribution in [0.2, 0.25) is 0 Å². The van der Waals surface area contributed by atoms with Crippen LogP contribution < -0.4 is 5.43 Å². The lowest BCUT2D eigenvalue weighted by Gasteiger charge is -2.26. The van der Waals surface area contributed by atoms with Crippen molar-refractivity contribution in [2.24, 2.45) is 0 Å². The minimum Gasteiger partial charge on any atom is -0.381 e. The number of hydrazine groups is 1. The fourth-order valence-electron chi connectivity index (χ4n) is 2.70. The predicted molar refractivity (Wildman–Crippen MR) is 63.0 cm³/mol. The molecule has 0 amide bonds. The van der Waals surface area contributed by atoms with E-state index >= 15 is 0 Å². The highest BCUT2D eigenvalue weighted by Crippen LogP contribution is 2.51. The minimum absolute atomic E-state index is 0.129. The van der Waals surface area contributed by atoms with Gasteiger partial charge < -0.3 is 4.74 Å². The Morgan fingerprint density at radius 1 is 1.16 bits per heavy atom. The lowest BCUT2D eigenvalue weighted by Crippen LogP contribution is -2.39. The molecule has 3 rings (SSSR count). The van der Waals surface area contributed by atoms with E-state index in [0.717, 1.165) is 0 Å². The van der Waals surface area contributed by atoms with Gasteiger partial charge in [0.05, 0.1) is 0 Å². The van der Waals surface area contributed by atoms with Crippen LogP contribution in [0.15, 0.2) is 30.3 Å². The lowest BCUT2D eigenvalue weighted by atomic mass is 10.0. The molecule has 19 heavy (non-hydrogen) atoms. The first-order valence-corrected chi connectivity index (χ1v) is 6.33. The smallest absolute Gasteiger partial charge is 0.381 e. The Morgan fingerprint density at radius 2 is 1.79 bits per heavy atom. The second kappa shape index (κ2) is 4.47. The van der Waals surface area contributed by atoms with Gasteiger partial charge in [-0.2, -0.15) is 13.2 Å². The summed E-state index contributed by atoms with van der Waals surface area (Å²) in [5.74, 6) is 0. The van der Waals surface area contributed by atoms with Gasteiger partial charge in [-0.05, 0) is 18.4 Å². The van der Waals surface area contributed by atoms with Crippen LogP contribution in [0.4, 0.5) is 13.2 Å². The molecule has 1 aromatic rings. The molecule has 0 radical (unpaired) electrons. The third kappa shape index (κ3) is 2.04. The second-order valence-corrected chi connectivity index (χ2v) is 4.90. The Kier molecular flexibility index (Phi) is 3.03. The maximum atomic E-state index is 13.5. The molecule has 0 bridgehead atoms. The van der Waals surface area contributed by atoms with Gasteiger partial charge in [-0.1, -0.05) is 30.3 Å². The molecule has 6 heteroatoms. The van der Waals surface area contributed by atoms with E-state index in [4.69, 9.17) is 4.74 Å². The van der Waals surface area contributed by atoms with E-state index in [0.29, 0.717) is 26.1 Å². The van der Waals surface area contributed by atoms with E-state index in [9.17, 15) is 13.2 Å². The summed E-state index contributed by atoms with van der Waals surface area (Å²) in [6, 6.07) is 7.88. The summed E-state index contributed by atoms with van der Waals surface area (Å²) in [4.78, 5) is 0. The van der Waals surface area contributed by atoms with Crippen LogP contribution in [0, 0.1) is 0 Å². The maximum Gasteiger partial charge on any atom is 0.426 e. The van der Waals surface area contributed by atoms with Crippen molar-refractivity contribution in [2.45, 2.75) is 30.7 Å². The summed E-state index contributed by atoms with van der Waals surface area (Å²) in [6.45, 7) is 1.04. The zero-order valence-electron chi connectivity index (χ0n) is 10.3. The Balaban J connectivity index is 1.89. The summed E-state index contributed by atoms with van der Waals surface area (Å²) in [7, 11) is 0. The van der Waals surface area contributed by atoms with Gasteiger partial charge in [0.15, 0.2) is 0 Å². The van der Waals surface area contributed by atoms with E-state index in [1.165, 1.54) is 17.1 Å². The second-order valence-electron chi connectivity index (χ2n) is 4.90. The fourth-order valence-corrected chi connectivity index (χ4v) is 2.70. The van der Waals surface area contributed by atoms with Crippen molar-refractivity contribution >= 4 is 0 Å². The standard InChI is InChI=1S/C13H15F3N2O/c14-13(15,16)12(10-4-2-1-3-5-10)17-18(12)11-6-8-19-9-7-11/h1-5,11,17H,6-9H2. The Hall–Kier alpha value is -1.11. The van der Waals surface area contributed by atoms with E-state index in [2.05, 4.69) is 5.43 Å². The Bertz CT molecular complexity index is 445. The molecule has 1 aromatic carbocycles. The summed E-state index contributed by atoms with van der Waals surface area (Å²) in [6.07, 6.45) is -3.10. The van der Waals surface area contributed by atoms with Crippen LogP contribution in [0.5, 0.6) is 0 Å². The number of rotatable bonds is 2. The average Bonchev–Trinajstić information content (AvgIpc) is 3.17. The molecule has 104 valence electrons. The largest absolute Gasteiger partial charge is 0.426 e. The predicted octanol–water partition coefficient (Wildman–Crippen LogP) is 2.40. The molecule has 0 spiro atoms. The number of halogens is 3. The van der Waals surface area contributed by atoms with E-state index in [1.54, 1.807) is 18.2 Å². The number of nitrogens with one attached hydrogen (secondary N) is 1. The van der Waals surface area contributed by atoms with Gasteiger partial charge in [0.2, 0.25) is 5.66 Å². The molecule has 0 aliphatic carbocycles. The highest BCUT2D eigenvalue weighted by Gasteiger charge is 2.72. The highest BCUT2D eigenvalue weighted by atomic mass is 19.4. The third-order valence-corrected chi connectivity index (χ3v) is 3.75. The van der Waals surface area contributed by atoms with Crippen molar-refractivity contribution < 1.29 is 17.9 Å². The number of hydrogen-bond acceptors (Lipinski definition) is 3. The molecule has 2 unspecified atom stereocenters. The molecule has 2 heterocycles. The van der Waals surface area contributed by atoms with Crippen LogP contribution in [0.3, 0.4) is 0 Å². The number of benzene rings is 1. The molecule has 1 N–H and O–H groups in total. The molecule has 2 saturated heterocycles. The molecular formula is C13H15F3N2O. The lowest BCUT2D eigenvalue weighted by molar-refractivity contribution is -0.179. The Labute approximate surface area is 109 Å². The van der Waals surface area contributed by atoms with Crippen molar-refractivity contribution in [3.05, 3.63) is 35.9 Å². The number of nitrogens with zero attached hydrogens (tertiary/aromatic N) is 1. The molecule has 2 aliphatic heterocycles. The minimum atomic E-state index is -4.34. The molecule has 0 saturated carbocycles. The quantitative estimate of drug-likeness (QED) is 0.839. The fraction of sp³-hybridized carbons (Fsp3) is 0.538. The van der Waals surface area contributed by atoms with E-state index < -0.39 is 11.8 Å². The monoisotopic (exact) mass is 272 g/mol. The van der Waals surface area contributed by atoms with Crippen molar-refractivity contribution in [3.63, 3.8) is 0 Å². The molecule has 2 fully saturated rings. The van der Waals surface area contributed by atoms with Crippen LogP contribution in [-0.2, 0) is 10.4 Å². The van der Waals surface area contributed by atoms with Gasteiger partial charge in [-0.25, -0.2) is 10.4 Å². The van der Waals surface area contributed by atoms with Crippen LogP contribution in [-0.4, -0.2) is 30.4 Å². The number of ether oxygens (including phenoxy) is 1. The van der Waals surface area contributed by atoms with Crippen molar-refractivity contribution in [3.8, 4) is 0 Å². The topological polar surface area (TPSA) is 34.2 Å². The van der Waals surface area contributed by atoms with Gasteiger partial charge in [0.1, 0.15) is 0 Å². The average molecular weight is 272 g/mol. The van der Waals surface area contributed by atoms with Crippen LogP contribution in [0.1, 0.15) is 18.4 Å². The number of hydrogen-bond donors (Lipinski definition) is 1. The summed E-state index contributed by atoms with van der Waals surface area (Å²) in [5, 5.41) is 1.34. The van der Waals surface area contributed by atoms with Gasteiger partial charge >= 0.3 is 6.18 Å². The highest BCUT2D eigenvalue weighted by molar-refractivity contribution is 5.31. The third-order valence-electron chi connectivity index (χ3n) is 3.75. The van der Waals surface area contributed by atoms with Gasteiger partial charge in [0.25, 0.3) is 0 Å². The van der Waals surface area contributed by atoms with Crippen LogP contribution >= 0.6 is 0 Å². The van der Waals surface area contributed by atoms with Crippen LogP contribution in [0.25, 0.3) is 0 Å². The zero-order valence-corrected chi connectivity index (χ0v) is 10.3. The maximum absolute atomic E-state index is 13.5. The van der Waals surface area contributed by atoms with Gasteiger partial charge in [0, 0.05) is 19.3 Å². The first-order valence-electron chi connectivity index (χ1n) is 6.33. The van der Waals surface area contributed by atoms with Crippen molar-refractivity contribution in [2.75, 3.05) is 13.2 Å². The SMILES string of the molecule is FC(F)(F)C1(c2ccccc2)NN1C1CCOCC1. The normalized spacial score (nSPS) is 32.3. The summed E-state index contributed by atoms with van der Waals surface area (Å²) in [5.41, 5.74) is 0.788. The summed E-state index contributed by atoms with van der Waals surface area (Å²) < 4.78 is 45.6. The van der Waals surface area contributed by atoms with Gasteiger partial charge in [-0.15, -0.1) is 0 Å². The van der Waals surface area contributed by atoms with E-state index in [-0.39, 0.29) is 11.6 Å². The van der Waals surface area contributed by atoms with E-state index in [1.807, 2.05) is 0 Å². The Morgan fingerprint density at radius 3 is 2.37 bits per heavy atom. The first kappa shape index (κ1) is 12.9.